The van der Waals surface area contributed by atoms with E-state index in [0.717, 1.165) is 24.3 Å². The van der Waals surface area contributed by atoms with E-state index in [1.807, 2.05) is 10.7 Å². The van der Waals surface area contributed by atoms with E-state index in [9.17, 15) is 0 Å². The molecule has 3 rings (SSSR count). The van der Waals surface area contributed by atoms with Crippen LogP contribution in [0.2, 0.25) is 5.15 Å². The Morgan fingerprint density at radius 1 is 1.60 bits per heavy atom. The summed E-state index contributed by atoms with van der Waals surface area (Å²) in [7, 11) is 0. The van der Waals surface area contributed by atoms with Gasteiger partial charge in [0.15, 0.2) is 10.8 Å². The molecule has 1 aliphatic heterocycles. The van der Waals surface area contributed by atoms with Crippen molar-refractivity contribution in [1.82, 2.24) is 14.6 Å². The minimum atomic E-state index is 0.489. The Labute approximate surface area is 92.3 Å². The van der Waals surface area contributed by atoms with Crippen molar-refractivity contribution in [3.8, 4) is 0 Å². The highest BCUT2D eigenvalue weighted by molar-refractivity contribution is 6.29. The zero-order valence-electron chi connectivity index (χ0n) is 8.37. The summed E-state index contributed by atoms with van der Waals surface area (Å²) in [6, 6.07) is 1.78. The number of rotatable bonds is 0. The number of nitrogens with zero attached hydrogens (tertiary/aromatic N) is 3. The molecule has 0 fully saturated rings. The van der Waals surface area contributed by atoms with Crippen molar-refractivity contribution < 1.29 is 0 Å². The molecule has 5 heteroatoms. The van der Waals surface area contributed by atoms with Gasteiger partial charge in [0.05, 0.1) is 17.6 Å². The topological polar surface area (TPSA) is 42.2 Å². The third kappa shape index (κ3) is 1.28. The maximum absolute atomic E-state index is 5.88. The van der Waals surface area contributed by atoms with Crippen LogP contribution in [0.3, 0.4) is 0 Å². The van der Waals surface area contributed by atoms with E-state index in [0.29, 0.717) is 11.1 Å². The average Bonchev–Trinajstić information content (AvgIpc) is 2.58. The molecule has 1 atom stereocenters. The molecule has 0 aliphatic carbocycles. The Bertz CT molecular complexity index is 519. The van der Waals surface area contributed by atoms with Gasteiger partial charge in [0, 0.05) is 18.5 Å². The predicted octanol–water partition coefficient (Wildman–Crippen LogP) is 2.30. The second kappa shape index (κ2) is 3.10. The molecule has 0 aromatic carbocycles. The lowest BCUT2D eigenvalue weighted by molar-refractivity contribution is 0.632. The standard InChI is InChI=1S/C10H11ClN4/c1-6-2-3-12-7-5-13-9-4-8(11)14-15(9)10(6)7/h4-6,12H,2-3H2,1H3. The third-order valence-corrected chi connectivity index (χ3v) is 3.04. The Morgan fingerprint density at radius 3 is 3.33 bits per heavy atom. The Hall–Kier alpha value is -1.29. The molecule has 2 aromatic heterocycles. The molecule has 0 saturated carbocycles. The molecule has 1 aliphatic rings. The first-order chi connectivity index (χ1) is 7.25. The quantitative estimate of drug-likeness (QED) is 0.744. The number of hydrogen-bond donors (Lipinski definition) is 1. The average molecular weight is 223 g/mol. The van der Waals surface area contributed by atoms with Crippen LogP contribution >= 0.6 is 11.6 Å². The molecule has 3 heterocycles. The SMILES string of the molecule is CC1CCNc2cnc3cc(Cl)nn3c21. The molecular weight excluding hydrogens is 212 g/mol. The molecule has 1 unspecified atom stereocenters. The molecule has 78 valence electrons. The van der Waals surface area contributed by atoms with E-state index in [4.69, 9.17) is 11.6 Å². The van der Waals surface area contributed by atoms with Crippen molar-refractivity contribution in [3.05, 3.63) is 23.1 Å². The molecule has 0 radical (unpaired) electrons. The maximum atomic E-state index is 5.88. The molecule has 0 amide bonds. The molecule has 1 N–H and O–H groups in total. The summed E-state index contributed by atoms with van der Waals surface area (Å²) in [5, 5.41) is 8.08. The molecule has 0 spiro atoms. The van der Waals surface area contributed by atoms with Crippen LogP contribution in [0.5, 0.6) is 0 Å². The lowest BCUT2D eigenvalue weighted by Crippen LogP contribution is -2.19. The van der Waals surface area contributed by atoms with E-state index in [-0.39, 0.29) is 0 Å². The van der Waals surface area contributed by atoms with Gasteiger partial charge in [-0.3, -0.25) is 0 Å². The molecule has 15 heavy (non-hydrogen) atoms. The highest BCUT2D eigenvalue weighted by atomic mass is 35.5. The Balaban J connectivity index is 2.34. The maximum Gasteiger partial charge on any atom is 0.156 e. The van der Waals surface area contributed by atoms with E-state index >= 15 is 0 Å². The summed E-state index contributed by atoms with van der Waals surface area (Å²) >= 11 is 5.88. The van der Waals surface area contributed by atoms with Crippen molar-refractivity contribution in [2.75, 3.05) is 11.9 Å². The van der Waals surface area contributed by atoms with E-state index in [1.54, 1.807) is 6.07 Å². The van der Waals surface area contributed by atoms with Gasteiger partial charge in [0.1, 0.15) is 0 Å². The fourth-order valence-corrected chi connectivity index (χ4v) is 2.27. The summed E-state index contributed by atoms with van der Waals surface area (Å²) in [6.45, 7) is 3.20. The van der Waals surface area contributed by atoms with Gasteiger partial charge in [-0.2, -0.15) is 5.10 Å². The van der Waals surface area contributed by atoms with Gasteiger partial charge >= 0.3 is 0 Å². The molecule has 4 nitrogen and oxygen atoms in total. The minimum Gasteiger partial charge on any atom is -0.382 e. The monoisotopic (exact) mass is 222 g/mol. The van der Waals surface area contributed by atoms with E-state index in [1.165, 1.54) is 5.69 Å². The highest BCUT2D eigenvalue weighted by Crippen LogP contribution is 2.31. The number of hydrogen-bond acceptors (Lipinski definition) is 3. The summed E-state index contributed by atoms with van der Waals surface area (Å²) in [4.78, 5) is 4.30. The zero-order valence-corrected chi connectivity index (χ0v) is 9.12. The van der Waals surface area contributed by atoms with Gasteiger partial charge in [-0.1, -0.05) is 18.5 Å². The number of halogens is 1. The largest absolute Gasteiger partial charge is 0.382 e. The van der Waals surface area contributed by atoms with Gasteiger partial charge in [0.25, 0.3) is 0 Å². The van der Waals surface area contributed by atoms with Crippen molar-refractivity contribution in [3.63, 3.8) is 0 Å². The number of aromatic nitrogens is 3. The Morgan fingerprint density at radius 2 is 2.47 bits per heavy atom. The summed E-state index contributed by atoms with van der Waals surface area (Å²) in [5.74, 6) is 0.489. The number of anilines is 1. The van der Waals surface area contributed by atoms with Gasteiger partial charge in [-0.25, -0.2) is 9.50 Å². The van der Waals surface area contributed by atoms with Crippen LogP contribution in [0.4, 0.5) is 5.69 Å². The second-order valence-corrected chi connectivity index (χ2v) is 4.30. The molecule has 2 aromatic rings. The predicted molar refractivity (Wildman–Crippen MR) is 59.5 cm³/mol. The fraction of sp³-hybridized carbons (Fsp3) is 0.400. The third-order valence-electron chi connectivity index (χ3n) is 2.85. The zero-order chi connectivity index (χ0) is 10.4. The second-order valence-electron chi connectivity index (χ2n) is 3.91. The first-order valence-electron chi connectivity index (χ1n) is 5.04. The van der Waals surface area contributed by atoms with Gasteiger partial charge in [-0.15, -0.1) is 0 Å². The van der Waals surface area contributed by atoms with E-state index < -0.39 is 0 Å². The van der Waals surface area contributed by atoms with Crippen LogP contribution in [0, 0.1) is 0 Å². The smallest absolute Gasteiger partial charge is 0.156 e. The summed E-state index contributed by atoms with van der Waals surface area (Å²) in [5.41, 5.74) is 3.06. The van der Waals surface area contributed by atoms with Crippen molar-refractivity contribution in [2.45, 2.75) is 19.3 Å². The van der Waals surface area contributed by atoms with Crippen LogP contribution in [0.15, 0.2) is 12.3 Å². The molecule has 0 saturated heterocycles. The minimum absolute atomic E-state index is 0.489. The van der Waals surface area contributed by atoms with Gasteiger partial charge in [-0.05, 0) is 6.42 Å². The number of nitrogens with one attached hydrogen (secondary N) is 1. The van der Waals surface area contributed by atoms with Gasteiger partial charge < -0.3 is 5.32 Å². The van der Waals surface area contributed by atoms with Crippen LogP contribution in [0.25, 0.3) is 5.65 Å². The fourth-order valence-electron chi connectivity index (χ4n) is 2.09. The summed E-state index contributed by atoms with van der Waals surface area (Å²) < 4.78 is 1.84. The van der Waals surface area contributed by atoms with Crippen LogP contribution in [-0.4, -0.2) is 21.1 Å². The highest BCUT2D eigenvalue weighted by Gasteiger charge is 2.20. The van der Waals surface area contributed by atoms with Crippen LogP contribution in [0.1, 0.15) is 25.0 Å². The molecule has 0 bridgehead atoms. The van der Waals surface area contributed by atoms with Crippen LogP contribution < -0.4 is 5.32 Å². The van der Waals surface area contributed by atoms with Crippen LogP contribution in [-0.2, 0) is 0 Å². The first-order valence-corrected chi connectivity index (χ1v) is 5.41. The van der Waals surface area contributed by atoms with E-state index in [2.05, 4.69) is 22.3 Å². The number of fused-ring (bicyclic) bond motifs is 3. The lowest BCUT2D eigenvalue weighted by atomic mass is 9.99. The van der Waals surface area contributed by atoms with Crippen molar-refractivity contribution >= 4 is 22.9 Å². The normalized spacial score (nSPS) is 20.0. The molecular formula is C10H11ClN4. The summed E-state index contributed by atoms with van der Waals surface area (Å²) in [6.07, 6.45) is 2.97. The van der Waals surface area contributed by atoms with Gasteiger partial charge in [0.2, 0.25) is 0 Å². The lowest BCUT2D eigenvalue weighted by Gasteiger charge is -2.23. The first kappa shape index (κ1) is 8.97. The Kier molecular flexibility index (Phi) is 1.85. The van der Waals surface area contributed by atoms with Crippen molar-refractivity contribution in [1.29, 1.82) is 0 Å². The van der Waals surface area contributed by atoms with Crippen molar-refractivity contribution in [2.24, 2.45) is 0 Å².